The van der Waals surface area contributed by atoms with Crippen LogP contribution in [0.25, 0.3) is 0 Å². The van der Waals surface area contributed by atoms with Gasteiger partial charge in [-0.05, 0) is 48.5 Å². The number of carbonyl (C=O) groups excluding carboxylic acids is 1. The molecule has 0 aliphatic carbocycles. The number of rotatable bonds is 5. The van der Waals surface area contributed by atoms with Crippen LogP contribution in [0.5, 0.6) is 0 Å². The van der Waals surface area contributed by atoms with Gasteiger partial charge in [0.2, 0.25) is 0 Å². The van der Waals surface area contributed by atoms with Gasteiger partial charge in [-0.25, -0.2) is 9.37 Å². The van der Waals surface area contributed by atoms with E-state index in [9.17, 15) is 9.18 Å². The van der Waals surface area contributed by atoms with Crippen LogP contribution in [0.2, 0.25) is 0 Å². The quantitative estimate of drug-likeness (QED) is 0.721. The van der Waals surface area contributed by atoms with E-state index in [1.165, 1.54) is 12.1 Å². The zero-order valence-electron chi connectivity index (χ0n) is 14.5. The Morgan fingerprint density at radius 1 is 0.962 bits per heavy atom. The minimum Gasteiger partial charge on any atom is -0.378 e. The van der Waals surface area contributed by atoms with Gasteiger partial charge in [-0.2, -0.15) is 0 Å². The van der Waals surface area contributed by atoms with Crippen molar-refractivity contribution in [2.45, 2.75) is 0 Å². The number of para-hydroxylation sites is 1. The maximum Gasteiger partial charge on any atom is 0.274 e. The summed E-state index contributed by atoms with van der Waals surface area (Å²) in [6, 6.07) is 17.3. The fourth-order valence-corrected chi connectivity index (χ4v) is 2.36. The average molecular weight is 350 g/mol. The van der Waals surface area contributed by atoms with E-state index in [0.717, 1.165) is 17.1 Å². The highest BCUT2D eigenvalue weighted by molar-refractivity contribution is 6.03. The monoisotopic (exact) mass is 350 g/mol. The maximum atomic E-state index is 13.6. The summed E-state index contributed by atoms with van der Waals surface area (Å²) in [6.45, 7) is 0. The number of pyridine rings is 1. The van der Waals surface area contributed by atoms with Gasteiger partial charge in [0.25, 0.3) is 5.91 Å². The number of nitrogens with zero attached hydrogens (tertiary/aromatic N) is 2. The molecular weight excluding hydrogens is 331 g/mol. The molecule has 0 fully saturated rings. The van der Waals surface area contributed by atoms with Crippen molar-refractivity contribution in [2.75, 3.05) is 29.6 Å². The predicted molar refractivity (Wildman–Crippen MR) is 103 cm³/mol. The molecule has 2 N–H and O–H groups in total. The lowest BCUT2D eigenvalue weighted by Crippen LogP contribution is -2.14. The van der Waals surface area contributed by atoms with Crippen LogP contribution >= 0.6 is 0 Å². The Bertz CT molecular complexity index is 892. The number of nitrogens with one attached hydrogen (secondary N) is 2. The second-order valence-corrected chi connectivity index (χ2v) is 5.93. The molecule has 132 valence electrons. The Balaban J connectivity index is 1.66. The first-order valence-electron chi connectivity index (χ1n) is 8.09. The van der Waals surface area contributed by atoms with Crippen LogP contribution in [0.15, 0.2) is 66.9 Å². The van der Waals surface area contributed by atoms with E-state index in [0.29, 0.717) is 0 Å². The first-order chi connectivity index (χ1) is 12.5. The molecule has 1 aromatic heterocycles. The van der Waals surface area contributed by atoms with Crippen molar-refractivity contribution in [3.05, 3.63) is 78.4 Å². The number of hydrogen-bond donors (Lipinski definition) is 2. The summed E-state index contributed by atoms with van der Waals surface area (Å²) in [5, 5.41) is 5.73. The lowest BCUT2D eigenvalue weighted by molar-refractivity contribution is 0.102. The van der Waals surface area contributed by atoms with Crippen LogP contribution in [0.3, 0.4) is 0 Å². The highest BCUT2D eigenvalue weighted by atomic mass is 19.1. The summed E-state index contributed by atoms with van der Waals surface area (Å²) in [5.74, 6) is -0.947. The Hall–Kier alpha value is -3.41. The first-order valence-corrected chi connectivity index (χ1v) is 8.09. The van der Waals surface area contributed by atoms with Crippen molar-refractivity contribution in [1.29, 1.82) is 0 Å². The zero-order chi connectivity index (χ0) is 18.5. The highest BCUT2D eigenvalue weighted by Gasteiger charge is 2.10. The smallest absolute Gasteiger partial charge is 0.274 e. The van der Waals surface area contributed by atoms with Gasteiger partial charge in [0, 0.05) is 25.5 Å². The molecule has 0 saturated carbocycles. The lowest BCUT2D eigenvalue weighted by Gasteiger charge is -2.13. The van der Waals surface area contributed by atoms with Crippen LogP contribution < -0.4 is 15.5 Å². The molecule has 1 amide bonds. The Morgan fingerprint density at radius 3 is 2.27 bits per heavy atom. The summed E-state index contributed by atoms with van der Waals surface area (Å²) in [5.41, 5.74) is 3.11. The first kappa shape index (κ1) is 17.4. The molecule has 5 nitrogen and oxygen atoms in total. The van der Waals surface area contributed by atoms with Crippen molar-refractivity contribution < 1.29 is 9.18 Å². The number of benzene rings is 2. The molecule has 26 heavy (non-hydrogen) atoms. The minimum absolute atomic E-state index is 0.127. The van der Waals surface area contributed by atoms with Crippen molar-refractivity contribution in [3.63, 3.8) is 0 Å². The Kier molecular flexibility index (Phi) is 5.12. The molecule has 3 aromatic rings. The normalized spacial score (nSPS) is 10.3. The molecule has 0 bridgehead atoms. The fourth-order valence-electron chi connectivity index (χ4n) is 2.36. The van der Waals surface area contributed by atoms with Crippen molar-refractivity contribution in [2.24, 2.45) is 0 Å². The van der Waals surface area contributed by atoms with E-state index in [1.54, 1.807) is 30.5 Å². The minimum atomic E-state index is -0.486. The largest absolute Gasteiger partial charge is 0.378 e. The van der Waals surface area contributed by atoms with Crippen molar-refractivity contribution in [1.82, 2.24) is 4.98 Å². The third-order valence-corrected chi connectivity index (χ3v) is 3.79. The molecular formula is C20H19FN4O. The van der Waals surface area contributed by atoms with Gasteiger partial charge >= 0.3 is 0 Å². The molecule has 6 heteroatoms. The molecule has 0 unspecified atom stereocenters. The molecule has 2 aromatic carbocycles. The highest BCUT2D eigenvalue weighted by Crippen LogP contribution is 2.20. The predicted octanol–water partition coefficient (Wildman–Crippen LogP) is 4.28. The molecule has 0 atom stereocenters. The summed E-state index contributed by atoms with van der Waals surface area (Å²) in [7, 11) is 3.97. The van der Waals surface area contributed by atoms with Gasteiger partial charge < -0.3 is 15.5 Å². The van der Waals surface area contributed by atoms with Gasteiger partial charge in [-0.1, -0.05) is 12.1 Å². The maximum absolute atomic E-state index is 13.6. The number of halogens is 1. The summed E-state index contributed by atoms with van der Waals surface area (Å²) >= 11 is 0. The van der Waals surface area contributed by atoms with Crippen molar-refractivity contribution in [3.8, 4) is 0 Å². The average Bonchev–Trinajstić information content (AvgIpc) is 2.64. The number of hydrogen-bond acceptors (Lipinski definition) is 4. The second-order valence-electron chi connectivity index (χ2n) is 5.93. The molecule has 3 rings (SSSR count). The number of anilines is 4. The van der Waals surface area contributed by atoms with E-state index >= 15 is 0 Å². The van der Waals surface area contributed by atoms with Crippen LogP contribution in [-0.2, 0) is 0 Å². The third-order valence-electron chi connectivity index (χ3n) is 3.79. The standard InChI is InChI=1S/C20H19FN4O/c1-25(2)16-10-7-14(8-11-16)23-15-9-12-19(22-13-15)20(26)24-18-6-4-3-5-17(18)21/h3-13,23H,1-2H3,(H,24,26). The topological polar surface area (TPSA) is 57.3 Å². The van der Waals surface area contributed by atoms with E-state index in [-0.39, 0.29) is 11.4 Å². The molecule has 0 aliphatic rings. The van der Waals surface area contributed by atoms with Gasteiger partial charge in [-0.3, -0.25) is 4.79 Å². The second kappa shape index (κ2) is 7.65. The molecule has 0 aliphatic heterocycles. The van der Waals surface area contributed by atoms with E-state index < -0.39 is 11.7 Å². The fraction of sp³-hybridized carbons (Fsp3) is 0.100. The summed E-state index contributed by atoms with van der Waals surface area (Å²) in [4.78, 5) is 18.3. The van der Waals surface area contributed by atoms with Crippen molar-refractivity contribution >= 4 is 28.7 Å². The summed E-state index contributed by atoms with van der Waals surface area (Å²) in [6.07, 6.45) is 1.57. The number of carbonyl (C=O) groups is 1. The van der Waals surface area contributed by atoms with Gasteiger partial charge in [0.1, 0.15) is 11.5 Å². The van der Waals surface area contributed by atoms with Gasteiger partial charge in [0.15, 0.2) is 0 Å². The SMILES string of the molecule is CN(C)c1ccc(Nc2ccc(C(=O)Nc3ccccc3F)nc2)cc1. The van der Waals surface area contributed by atoms with E-state index in [2.05, 4.69) is 15.6 Å². The van der Waals surface area contributed by atoms with E-state index in [4.69, 9.17) is 0 Å². The Morgan fingerprint density at radius 2 is 1.65 bits per heavy atom. The van der Waals surface area contributed by atoms with Crippen LogP contribution in [0, 0.1) is 5.82 Å². The van der Waals surface area contributed by atoms with Gasteiger partial charge in [-0.15, -0.1) is 0 Å². The number of aromatic nitrogens is 1. The third kappa shape index (κ3) is 4.16. The van der Waals surface area contributed by atoms with Crippen LogP contribution in [0.4, 0.5) is 27.1 Å². The zero-order valence-corrected chi connectivity index (χ0v) is 14.5. The van der Waals surface area contributed by atoms with Gasteiger partial charge in [0.05, 0.1) is 17.6 Å². The molecule has 0 spiro atoms. The van der Waals surface area contributed by atoms with Crippen LogP contribution in [0.1, 0.15) is 10.5 Å². The summed E-state index contributed by atoms with van der Waals surface area (Å²) < 4.78 is 13.6. The molecule has 1 heterocycles. The molecule has 0 radical (unpaired) electrons. The number of amides is 1. The lowest BCUT2D eigenvalue weighted by atomic mass is 10.2. The molecule has 0 saturated heterocycles. The van der Waals surface area contributed by atoms with Crippen LogP contribution in [-0.4, -0.2) is 25.0 Å². The Labute approximate surface area is 151 Å². The van der Waals surface area contributed by atoms with E-state index in [1.807, 2.05) is 43.3 Å².